The molecule has 2 rings (SSSR count). The first kappa shape index (κ1) is 12.6. The van der Waals surface area contributed by atoms with Gasteiger partial charge in [0.15, 0.2) is 11.6 Å². The second-order valence-corrected chi connectivity index (χ2v) is 3.55. The van der Waals surface area contributed by atoms with Gasteiger partial charge in [0, 0.05) is 19.2 Å². The lowest BCUT2D eigenvalue weighted by atomic mass is 10.2. The molecule has 96 valence electrons. The molecule has 1 heterocycles. The fourth-order valence-corrected chi connectivity index (χ4v) is 1.42. The zero-order chi connectivity index (χ0) is 13.1. The summed E-state index contributed by atoms with van der Waals surface area (Å²) in [4.78, 5) is 4.02. The predicted octanol–water partition coefficient (Wildman–Crippen LogP) is 1.66. The van der Waals surface area contributed by atoms with Crippen LogP contribution in [-0.4, -0.2) is 23.8 Å². The number of ether oxygens (including phenoxy) is 1. The Labute approximate surface area is 102 Å². The number of halogens is 2. The van der Waals surface area contributed by atoms with Crippen LogP contribution >= 0.6 is 0 Å². The molecule has 2 N–H and O–H groups in total. The number of rotatable bonds is 4. The average Bonchev–Trinajstić information content (AvgIpc) is 2.84. The van der Waals surface area contributed by atoms with E-state index < -0.39 is 17.7 Å². The van der Waals surface area contributed by atoms with Crippen LogP contribution in [0.3, 0.4) is 0 Å². The van der Waals surface area contributed by atoms with Crippen LogP contribution in [0.4, 0.5) is 8.78 Å². The Balaban J connectivity index is 2.31. The van der Waals surface area contributed by atoms with Gasteiger partial charge < -0.3 is 15.0 Å². The maximum atomic E-state index is 13.1. The van der Waals surface area contributed by atoms with E-state index in [4.69, 9.17) is 15.0 Å². The summed E-state index contributed by atoms with van der Waals surface area (Å²) in [6.45, 7) is 0.177. The molecule has 0 aliphatic rings. The van der Waals surface area contributed by atoms with Gasteiger partial charge in [0.05, 0.1) is 0 Å². The topological polar surface area (TPSA) is 74.2 Å². The van der Waals surface area contributed by atoms with Crippen molar-refractivity contribution in [2.45, 2.75) is 6.10 Å². The van der Waals surface area contributed by atoms with Crippen molar-refractivity contribution in [3.8, 4) is 11.4 Å². The van der Waals surface area contributed by atoms with Crippen LogP contribution in [0.5, 0.6) is 0 Å². The van der Waals surface area contributed by atoms with Gasteiger partial charge in [-0.3, -0.25) is 0 Å². The molecule has 2 aromatic rings. The molecule has 1 atom stereocenters. The molecule has 0 spiro atoms. The standard InChI is InChI=1S/C11H11F2N3O2/c1-17-9(5-14)11-15-10(16-18-11)6-2-3-7(12)8(13)4-6/h2-4,9H,5,14H2,1H3. The molecule has 0 fully saturated rings. The SMILES string of the molecule is COC(CN)c1nc(-c2ccc(F)c(F)c2)no1. The molecule has 0 bridgehead atoms. The Bertz CT molecular complexity index is 541. The zero-order valence-electron chi connectivity index (χ0n) is 9.56. The third-order valence-electron chi connectivity index (χ3n) is 2.39. The fraction of sp³-hybridized carbons (Fsp3) is 0.273. The van der Waals surface area contributed by atoms with Gasteiger partial charge in [0.25, 0.3) is 5.89 Å². The van der Waals surface area contributed by atoms with Gasteiger partial charge in [-0.1, -0.05) is 5.16 Å². The van der Waals surface area contributed by atoms with Gasteiger partial charge in [-0.15, -0.1) is 0 Å². The molecule has 0 amide bonds. The lowest BCUT2D eigenvalue weighted by Crippen LogP contribution is -2.14. The second kappa shape index (κ2) is 5.19. The van der Waals surface area contributed by atoms with Crippen molar-refractivity contribution in [3.05, 3.63) is 35.7 Å². The summed E-state index contributed by atoms with van der Waals surface area (Å²) in [6.07, 6.45) is -0.517. The first-order valence-electron chi connectivity index (χ1n) is 5.17. The number of hydrogen-bond donors (Lipinski definition) is 1. The summed E-state index contributed by atoms with van der Waals surface area (Å²) < 4.78 is 35.8. The van der Waals surface area contributed by atoms with E-state index in [0.717, 1.165) is 12.1 Å². The van der Waals surface area contributed by atoms with Crippen molar-refractivity contribution >= 4 is 0 Å². The lowest BCUT2D eigenvalue weighted by Gasteiger charge is -2.05. The maximum Gasteiger partial charge on any atom is 0.257 e. The summed E-state index contributed by atoms with van der Waals surface area (Å²) >= 11 is 0. The van der Waals surface area contributed by atoms with Gasteiger partial charge in [0.1, 0.15) is 6.10 Å². The minimum atomic E-state index is -0.971. The van der Waals surface area contributed by atoms with Crippen molar-refractivity contribution < 1.29 is 18.0 Å². The second-order valence-electron chi connectivity index (χ2n) is 3.55. The van der Waals surface area contributed by atoms with Crippen LogP contribution in [0.1, 0.15) is 12.0 Å². The molecule has 18 heavy (non-hydrogen) atoms. The Morgan fingerprint density at radius 3 is 2.78 bits per heavy atom. The highest BCUT2D eigenvalue weighted by molar-refractivity contribution is 5.54. The molecule has 0 saturated heterocycles. The number of nitrogens with zero attached hydrogens (tertiary/aromatic N) is 2. The van der Waals surface area contributed by atoms with Crippen LogP contribution in [0.2, 0.25) is 0 Å². The van der Waals surface area contributed by atoms with E-state index in [9.17, 15) is 8.78 Å². The van der Waals surface area contributed by atoms with Crippen molar-refractivity contribution in [1.82, 2.24) is 10.1 Å². The van der Waals surface area contributed by atoms with E-state index >= 15 is 0 Å². The van der Waals surface area contributed by atoms with Gasteiger partial charge >= 0.3 is 0 Å². The minimum absolute atomic E-state index is 0.152. The number of benzene rings is 1. The first-order valence-corrected chi connectivity index (χ1v) is 5.17. The maximum absolute atomic E-state index is 13.1. The molecule has 5 nitrogen and oxygen atoms in total. The molecule has 0 aliphatic heterocycles. The van der Waals surface area contributed by atoms with Gasteiger partial charge in [-0.25, -0.2) is 8.78 Å². The molecule has 0 aliphatic carbocycles. The van der Waals surface area contributed by atoms with Crippen LogP contribution in [0.15, 0.2) is 22.7 Å². The highest BCUT2D eigenvalue weighted by Gasteiger charge is 2.18. The van der Waals surface area contributed by atoms with E-state index in [0.29, 0.717) is 5.56 Å². The zero-order valence-corrected chi connectivity index (χ0v) is 9.56. The van der Waals surface area contributed by atoms with Crippen molar-refractivity contribution in [2.24, 2.45) is 5.73 Å². The lowest BCUT2D eigenvalue weighted by molar-refractivity contribution is 0.0804. The molecule has 1 aromatic heterocycles. The van der Waals surface area contributed by atoms with Crippen molar-refractivity contribution in [1.29, 1.82) is 0 Å². The van der Waals surface area contributed by atoms with Gasteiger partial charge in [0.2, 0.25) is 5.82 Å². The van der Waals surface area contributed by atoms with Crippen molar-refractivity contribution in [2.75, 3.05) is 13.7 Å². The van der Waals surface area contributed by atoms with E-state index in [2.05, 4.69) is 10.1 Å². The molecule has 1 aromatic carbocycles. The smallest absolute Gasteiger partial charge is 0.257 e. The third kappa shape index (κ3) is 2.36. The average molecular weight is 255 g/mol. The van der Waals surface area contributed by atoms with Crippen molar-refractivity contribution in [3.63, 3.8) is 0 Å². The summed E-state index contributed by atoms with van der Waals surface area (Å²) in [5.74, 6) is -1.56. The summed E-state index contributed by atoms with van der Waals surface area (Å²) in [7, 11) is 1.46. The van der Waals surface area contributed by atoms with Crippen LogP contribution in [-0.2, 0) is 4.74 Å². The Kier molecular flexibility index (Phi) is 3.63. The Morgan fingerprint density at radius 1 is 1.39 bits per heavy atom. The van der Waals surface area contributed by atoms with Gasteiger partial charge in [-0.2, -0.15) is 4.98 Å². The minimum Gasteiger partial charge on any atom is -0.370 e. The highest BCUT2D eigenvalue weighted by atomic mass is 19.2. The fourth-order valence-electron chi connectivity index (χ4n) is 1.42. The third-order valence-corrected chi connectivity index (χ3v) is 2.39. The summed E-state index contributed by atoms with van der Waals surface area (Å²) in [5, 5.41) is 3.66. The molecule has 7 heteroatoms. The molecular formula is C11H11F2N3O2. The van der Waals surface area contributed by atoms with E-state index in [1.807, 2.05) is 0 Å². The Hall–Kier alpha value is -1.86. The van der Waals surface area contributed by atoms with Crippen LogP contribution < -0.4 is 5.73 Å². The molecule has 0 saturated carbocycles. The van der Waals surface area contributed by atoms with Gasteiger partial charge in [-0.05, 0) is 18.2 Å². The first-order chi connectivity index (χ1) is 8.65. The van der Waals surface area contributed by atoms with Crippen LogP contribution in [0, 0.1) is 11.6 Å². The monoisotopic (exact) mass is 255 g/mol. The van der Waals surface area contributed by atoms with E-state index in [-0.39, 0.29) is 18.3 Å². The number of methoxy groups -OCH3 is 1. The van der Waals surface area contributed by atoms with E-state index in [1.165, 1.54) is 13.2 Å². The molecular weight excluding hydrogens is 244 g/mol. The molecule has 0 radical (unpaired) electrons. The number of hydrogen-bond acceptors (Lipinski definition) is 5. The summed E-state index contributed by atoms with van der Waals surface area (Å²) in [5.41, 5.74) is 5.76. The number of nitrogens with two attached hydrogens (primary N) is 1. The largest absolute Gasteiger partial charge is 0.370 e. The van der Waals surface area contributed by atoms with E-state index in [1.54, 1.807) is 0 Å². The Morgan fingerprint density at radius 2 is 2.17 bits per heavy atom. The predicted molar refractivity (Wildman–Crippen MR) is 58.5 cm³/mol. The normalized spacial score (nSPS) is 12.7. The quantitative estimate of drug-likeness (QED) is 0.899. The highest BCUT2D eigenvalue weighted by Crippen LogP contribution is 2.21. The van der Waals surface area contributed by atoms with Crippen LogP contribution in [0.25, 0.3) is 11.4 Å². The summed E-state index contributed by atoms with van der Waals surface area (Å²) in [6, 6.07) is 3.35. The molecule has 1 unspecified atom stereocenters. The number of aromatic nitrogens is 2.